The quantitative estimate of drug-likeness (QED) is 0.493. The van der Waals surface area contributed by atoms with Gasteiger partial charge in [-0.05, 0) is 13.8 Å². The molecule has 0 aromatic carbocycles. The van der Waals surface area contributed by atoms with Gasteiger partial charge in [0.05, 0.1) is 22.0 Å². The third kappa shape index (κ3) is 4.65. The highest BCUT2D eigenvalue weighted by atomic mass is 35.5. The van der Waals surface area contributed by atoms with Crippen LogP contribution in [0.25, 0.3) is 0 Å². The Morgan fingerprint density at radius 1 is 1.55 bits per heavy atom. The van der Waals surface area contributed by atoms with Gasteiger partial charge in [-0.25, -0.2) is 4.98 Å². The number of rotatable bonds is 6. The lowest BCUT2D eigenvalue weighted by Crippen LogP contribution is -2.25. The molecule has 0 radical (unpaired) electrons. The smallest absolute Gasteiger partial charge is 0.310 e. The molecule has 0 aliphatic rings. The van der Waals surface area contributed by atoms with Gasteiger partial charge < -0.3 is 10.1 Å². The van der Waals surface area contributed by atoms with Gasteiger partial charge in [-0.15, -0.1) is 0 Å². The number of pyridine rings is 1. The Kier molecular flexibility index (Phi) is 5.69. The molecule has 0 spiro atoms. The number of anilines is 1. The number of nitrogens with zero attached hydrogens (tertiary/aromatic N) is 2. The molecule has 8 heteroatoms. The molecule has 0 aliphatic heterocycles. The van der Waals surface area contributed by atoms with Gasteiger partial charge >= 0.3 is 5.97 Å². The monoisotopic (exact) mass is 301 g/mol. The number of esters is 1. The zero-order valence-corrected chi connectivity index (χ0v) is 12.2. The molecule has 1 aromatic heterocycles. The highest BCUT2D eigenvalue weighted by Crippen LogP contribution is 2.23. The summed E-state index contributed by atoms with van der Waals surface area (Å²) in [7, 11) is 0. The Bertz CT molecular complexity index is 507. The molecular formula is C12H16ClN3O4. The van der Waals surface area contributed by atoms with Crippen molar-refractivity contribution in [2.75, 3.05) is 11.9 Å². The van der Waals surface area contributed by atoms with Crippen LogP contribution in [0.3, 0.4) is 0 Å². The molecule has 1 unspecified atom stereocenters. The summed E-state index contributed by atoms with van der Waals surface area (Å²) in [5.41, 5.74) is -0.187. The molecule has 0 fully saturated rings. The summed E-state index contributed by atoms with van der Waals surface area (Å²) in [5, 5.41) is 13.5. The number of nitro groups is 1. The third-order valence-corrected chi connectivity index (χ3v) is 2.66. The molecule has 1 atom stereocenters. The van der Waals surface area contributed by atoms with Crippen LogP contribution in [-0.2, 0) is 9.53 Å². The summed E-state index contributed by atoms with van der Waals surface area (Å²) in [5.74, 6) is -0.419. The van der Waals surface area contributed by atoms with Crippen LogP contribution in [0.1, 0.15) is 20.8 Å². The van der Waals surface area contributed by atoms with Gasteiger partial charge in [0.25, 0.3) is 5.69 Å². The predicted molar refractivity (Wildman–Crippen MR) is 74.8 cm³/mol. The topological polar surface area (TPSA) is 94.4 Å². The first-order valence-corrected chi connectivity index (χ1v) is 6.43. The van der Waals surface area contributed by atoms with Crippen LogP contribution in [0.15, 0.2) is 12.3 Å². The van der Waals surface area contributed by atoms with Gasteiger partial charge in [0.2, 0.25) is 0 Å². The maximum absolute atomic E-state index is 11.6. The van der Waals surface area contributed by atoms with Crippen molar-refractivity contribution < 1.29 is 14.5 Å². The molecule has 1 heterocycles. The molecule has 7 nitrogen and oxygen atoms in total. The van der Waals surface area contributed by atoms with E-state index in [4.69, 9.17) is 16.3 Å². The normalized spacial score (nSPS) is 12.1. The van der Waals surface area contributed by atoms with Gasteiger partial charge in [-0.1, -0.05) is 18.5 Å². The summed E-state index contributed by atoms with van der Waals surface area (Å²) in [6, 6.07) is 1.20. The molecule has 0 amide bonds. The summed E-state index contributed by atoms with van der Waals surface area (Å²) >= 11 is 5.88. The fourth-order valence-electron chi connectivity index (χ4n) is 1.34. The van der Waals surface area contributed by atoms with Crippen LogP contribution in [0.5, 0.6) is 0 Å². The average Bonchev–Trinajstić information content (AvgIpc) is 2.35. The van der Waals surface area contributed by atoms with Crippen molar-refractivity contribution in [3.8, 4) is 0 Å². The molecular weight excluding hydrogens is 286 g/mol. The molecule has 1 rings (SSSR count). The lowest BCUT2D eigenvalue weighted by Gasteiger charge is -2.15. The number of aromatic nitrogens is 1. The Morgan fingerprint density at radius 3 is 2.70 bits per heavy atom. The largest absolute Gasteiger partial charge is 0.463 e. The zero-order chi connectivity index (χ0) is 15.3. The van der Waals surface area contributed by atoms with Gasteiger partial charge in [0, 0.05) is 12.6 Å². The van der Waals surface area contributed by atoms with Crippen LogP contribution in [0.2, 0.25) is 5.02 Å². The van der Waals surface area contributed by atoms with Crippen LogP contribution < -0.4 is 5.32 Å². The molecule has 0 saturated heterocycles. The molecule has 0 saturated carbocycles. The summed E-state index contributed by atoms with van der Waals surface area (Å²) < 4.78 is 5.06. The second-order valence-corrected chi connectivity index (χ2v) is 4.96. The van der Waals surface area contributed by atoms with E-state index >= 15 is 0 Å². The molecule has 1 N–H and O–H groups in total. The maximum atomic E-state index is 11.6. The molecule has 0 bridgehead atoms. The average molecular weight is 302 g/mol. The molecule has 1 aromatic rings. The summed E-state index contributed by atoms with van der Waals surface area (Å²) in [6.07, 6.45) is 0.928. The first-order chi connectivity index (χ1) is 9.31. The summed E-state index contributed by atoms with van der Waals surface area (Å²) in [4.78, 5) is 25.4. The maximum Gasteiger partial charge on any atom is 0.310 e. The number of carbonyl (C=O) groups is 1. The lowest BCUT2D eigenvalue weighted by molar-refractivity contribution is -0.385. The van der Waals surface area contributed by atoms with Gasteiger partial charge in [-0.2, -0.15) is 0 Å². The van der Waals surface area contributed by atoms with E-state index in [9.17, 15) is 14.9 Å². The highest BCUT2D eigenvalue weighted by Gasteiger charge is 2.17. The molecule has 110 valence electrons. The Hall–Kier alpha value is -1.89. The Labute approximate surface area is 121 Å². The van der Waals surface area contributed by atoms with E-state index in [0.29, 0.717) is 5.82 Å². The number of halogens is 1. The van der Waals surface area contributed by atoms with Gasteiger partial charge in [-0.3, -0.25) is 14.9 Å². The minimum absolute atomic E-state index is 0.128. The van der Waals surface area contributed by atoms with Crippen molar-refractivity contribution >= 4 is 29.1 Å². The standard InChI is InChI=1S/C12H16ClN3O4/c1-7(2)20-12(17)8(3)5-14-11-10(13)4-9(6-15-11)16(18)19/h4,6-8H,5H2,1-3H3,(H,14,15). The fourth-order valence-corrected chi connectivity index (χ4v) is 1.57. The van der Waals surface area contributed by atoms with E-state index < -0.39 is 4.92 Å². The van der Waals surface area contributed by atoms with Crippen molar-refractivity contribution in [2.24, 2.45) is 5.92 Å². The zero-order valence-electron chi connectivity index (χ0n) is 11.4. The highest BCUT2D eigenvalue weighted by molar-refractivity contribution is 6.33. The second kappa shape index (κ2) is 7.04. The second-order valence-electron chi connectivity index (χ2n) is 4.55. The van der Waals surface area contributed by atoms with Crippen molar-refractivity contribution in [2.45, 2.75) is 26.9 Å². The number of ether oxygens (including phenoxy) is 1. The van der Waals surface area contributed by atoms with Crippen molar-refractivity contribution in [3.05, 3.63) is 27.4 Å². The van der Waals surface area contributed by atoms with Gasteiger partial charge in [0.15, 0.2) is 0 Å². The van der Waals surface area contributed by atoms with E-state index in [1.807, 2.05) is 0 Å². The first-order valence-electron chi connectivity index (χ1n) is 6.05. The SMILES string of the molecule is CC(C)OC(=O)C(C)CNc1ncc([N+](=O)[O-])cc1Cl. The predicted octanol–water partition coefficient (Wildman–Crippen LogP) is 2.64. The molecule has 20 heavy (non-hydrogen) atoms. The number of nitrogens with one attached hydrogen (secondary N) is 1. The van der Waals surface area contributed by atoms with E-state index in [0.717, 1.165) is 6.20 Å². The fraction of sp³-hybridized carbons (Fsp3) is 0.500. The number of carbonyl (C=O) groups excluding carboxylic acids is 1. The van der Waals surface area contributed by atoms with E-state index in [2.05, 4.69) is 10.3 Å². The van der Waals surface area contributed by atoms with E-state index in [-0.39, 0.29) is 35.2 Å². The minimum atomic E-state index is -0.578. The van der Waals surface area contributed by atoms with Crippen molar-refractivity contribution in [1.82, 2.24) is 4.98 Å². The number of hydrogen-bond acceptors (Lipinski definition) is 6. The van der Waals surface area contributed by atoms with Crippen LogP contribution >= 0.6 is 11.6 Å². The van der Waals surface area contributed by atoms with E-state index in [1.54, 1.807) is 20.8 Å². The van der Waals surface area contributed by atoms with Crippen LogP contribution in [-0.4, -0.2) is 28.5 Å². The minimum Gasteiger partial charge on any atom is -0.463 e. The Morgan fingerprint density at radius 2 is 2.20 bits per heavy atom. The van der Waals surface area contributed by atoms with Crippen LogP contribution in [0, 0.1) is 16.0 Å². The van der Waals surface area contributed by atoms with Crippen molar-refractivity contribution in [1.29, 1.82) is 0 Å². The molecule has 0 aliphatic carbocycles. The third-order valence-electron chi connectivity index (χ3n) is 2.37. The Balaban J connectivity index is 2.62. The summed E-state index contributed by atoms with van der Waals surface area (Å²) in [6.45, 7) is 5.52. The first kappa shape index (κ1) is 16.2. The van der Waals surface area contributed by atoms with Crippen LogP contribution in [0.4, 0.5) is 11.5 Å². The van der Waals surface area contributed by atoms with E-state index in [1.165, 1.54) is 6.07 Å². The van der Waals surface area contributed by atoms with Crippen molar-refractivity contribution in [3.63, 3.8) is 0 Å². The lowest BCUT2D eigenvalue weighted by atomic mass is 10.2. The number of hydrogen-bond donors (Lipinski definition) is 1. The van der Waals surface area contributed by atoms with Gasteiger partial charge in [0.1, 0.15) is 12.0 Å².